The number of amides is 1. The predicted octanol–water partition coefficient (Wildman–Crippen LogP) is 4.38. The zero-order chi connectivity index (χ0) is 18.2. The average Bonchev–Trinajstić information content (AvgIpc) is 2.57. The Labute approximate surface area is 164 Å². The van der Waals surface area contributed by atoms with Gasteiger partial charge in [-0.05, 0) is 54.2 Å². The number of halogens is 3. The first-order chi connectivity index (χ1) is 11.9. The van der Waals surface area contributed by atoms with Gasteiger partial charge in [0, 0.05) is 21.5 Å². The Hall–Kier alpha value is -1.54. The molecule has 0 saturated carbocycles. The van der Waals surface area contributed by atoms with Gasteiger partial charge in [-0.15, -0.1) is 11.8 Å². The van der Waals surface area contributed by atoms with Crippen LogP contribution in [0.4, 0.5) is 10.1 Å². The Morgan fingerprint density at radius 3 is 2.52 bits per heavy atom. The Morgan fingerprint density at radius 2 is 1.84 bits per heavy atom. The van der Waals surface area contributed by atoms with E-state index >= 15 is 0 Å². The summed E-state index contributed by atoms with van der Waals surface area (Å²) in [5.41, 5.74) is 6.62. The van der Waals surface area contributed by atoms with Gasteiger partial charge < -0.3 is 5.32 Å². The van der Waals surface area contributed by atoms with Gasteiger partial charge in [0.25, 0.3) is 0 Å². The zero-order valence-electron chi connectivity index (χ0n) is 12.8. The van der Waals surface area contributed by atoms with Crippen molar-refractivity contribution < 1.29 is 9.18 Å². The molecule has 0 atom stereocenters. The number of hydrazine groups is 1. The van der Waals surface area contributed by atoms with E-state index in [1.807, 2.05) is 0 Å². The largest absolute Gasteiger partial charge is 0.331 e. The molecule has 9 heteroatoms. The van der Waals surface area contributed by atoms with Crippen LogP contribution in [-0.2, 0) is 10.5 Å². The average molecular weight is 418 g/mol. The molecule has 0 aliphatic carbocycles. The molecule has 4 nitrogen and oxygen atoms in total. The summed E-state index contributed by atoms with van der Waals surface area (Å²) in [6.45, 7) is 0. The molecule has 0 unspecified atom stereocenters. The number of anilines is 1. The molecule has 0 fully saturated rings. The number of thiocarbonyl (C=S) groups is 1. The first kappa shape index (κ1) is 19.8. The van der Waals surface area contributed by atoms with Crippen LogP contribution in [0.15, 0.2) is 42.5 Å². The number of carbonyl (C=O) groups is 1. The molecule has 132 valence electrons. The van der Waals surface area contributed by atoms with E-state index in [0.29, 0.717) is 15.8 Å². The minimum Gasteiger partial charge on any atom is -0.331 e. The lowest BCUT2D eigenvalue weighted by atomic mass is 10.2. The van der Waals surface area contributed by atoms with Gasteiger partial charge in [-0.3, -0.25) is 15.6 Å². The van der Waals surface area contributed by atoms with Crippen molar-refractivity contribution in [3.05, 3.63) is 63.9 Å². The molecular formula is C16H14Cl2FN3OS2. The molecule has 0 saturated heterocycles. The van der Waals surface area contributed by atoms with E-state index in [-0.39, 0.29) is 22.6 Å². The second kappa shape index (κ2) is 9.82. The van der Waals surface area contributed by atoms with Crippen molar-refractivity contribution in [2.24, 2.45) is 0 Å². The third-order valence-electron chi connectivity index (χ3n) is 2.92. The molecule has 0 radical (unpaired) electrons. The van der Waals surface area contributed by atoms with Crippen LogP contribution in [0.5, 0.6) is 0 Å². The fraction of sp³-hybridized carbons (Fsp3) is 0.125. The lowest BCUT2D eigenvalue weighted by Crippen LogP contribution is -2.44. The lowest BCUT2D eigenvalue weighted by molar-refractivity contribution is -0.119. The molecule has 2 aromatic rings. The van der Waals surface area contributed by atoms with Gasteiger partial charge >= 0.3 is 0 Å². The highest BCUT2D eigenvalue weighted by Gasteiger charge is 2.06. The molecule has 2 rings (SSSR count). The highest BCUT2D eigenvalue weighted by atomic mass is 35.5. The van der Waals surface area contributed by atoms with Crippen LogP contribution in [0.1, 0.15) is 5.56 Å². The van der Waals surface area contributed by atoms with Crippen LogP contribution in [0.2, 0.25) is 10.0 Å². The highest BCUT2D eigenvalue weighted by Crippen LogP contribution is 2.22. The van der Waals surface area contributed by atoms with Crippen LogP contribution in [0.3, 0.4) is 0 Å². The van der Waals surface area contributed by atoms with Gasteiger partial charge in [0.2, 0.25) is 5.91 Å². The maximum atomic E-state index is 13.0. The van der Waals surface area contributed by atoms with Gasteiger partial charge in [-0.25, -0.2) is 4.39 Å². The number of hydrogen-bond donors (Lipinski definition) is 3. The zero-order valence-corrected chi connectivity index (χ0v) is 16.0. The fourth-order valence-corrected chi connectivity index (χ4v) is 3.19. The minimum atomic E-state index is -0.387. The highest BCUT2D eigenvalue weighted by molar-refractivity contribution is 7.99. The van der Waals surface area contributed by atoms with Crippen molar-refractivity contribution >= 4 is 63.9 Å². The topological polar surface area (TPSA) is 53.2 Å². The van der Waals surface area contributed by atoms with Crippen molar-refractivity contribution in [2.45, 2.75) is 5.75 Å². The summed E-state index contributed by atoms with van der Waals surface area (Å²) in [6, 6.07) is 11.2. The smallest absolute Gasteiger partial charge is 0.248 e. The summed E-state index contributed by atoms with van der Waals surface area (Å²) in [5.74, 6) is 0.0652. The van der Waals surface area contributed by atoms with Gasteiger partial charge in [0.15, 0.2) is 5.11 Å². The van der Waals surface area contributed by atoms with E-state index in [2.05, 4.69) is 16.2 Å². The Balaban J connectivity index is 1.68. The molecule has 1 amide bonds. The second-order valence-electron chi connectivity index (χ2n) is 4.86. The van der Waals surface area contributed by atoms with E-state index in [0.717, 1.165) is 11.3 Å². The molecule has 0 aromatic heterocycles. The Kier molecular flexibility index (Phi) is 7.77. The third kappa shape index (κ3) is 7.07. The van der Waals surface area contributed by atoms with Crippen molar-refractivity contribution in [3.8, 4) is 0 Å². The normalized spacial score (nSPS) is 10.2. The summed E-state index contributed by atoms with van der Waals surface area (Å²) in [7, 11) is 0. The van der Waals surface area contributed by atoms with Crippen molar-refractivity contribution in [3.63, 3.8) is 0 Å². The van der Waals surface area contributed by atoms with E-state index in [1.165, 1.54) is 23.9 Å². The van der Waals surface area contributed by atoms with Crippen LogP contribution < -0.4 is 16.2 Å². The van der Waals surface area contributed by atoms with E-state index in [9.17, 15) is 9.18 Å². The number of carbonyl (C=O) groups excluding carboxylic acids is 1. The summed E-state index contributed by atoms with van der Waals surface area (Å²) in [6.07, 6.45) is 0. The number of nitrogens with one attached hydrogen (secondary N) is 3. The molecule has 2 aromatic carbocycles. The van der Waals surface area contributed by atoms with Gasteiger partial charge in [0.1, 0.15) is 5.82 Å². The fourth-order valence-electron chi connectivity index (χ4n) is 1.75. The SMILES string of the molecule is O=C(CSCc1ccc(F)cc1Cl)NNC(=S)Nc1ccc(Cl)cc1. The summed E-state index contributed by atoms with van der Waals surface area (Å²) in [4.78, 5) is 11.8. The molecule has 0 aliphatic rings. The molecular weight excluding hydrogens is 404 g/mol. The first-order valence-corrected chi connectivity index (χ1v) is 9.39. The number of benzene rings is 2. The van der Waals surface area contributed by atoms with E-state index < -0.39 is 0 Å². The number of hydrogen-bond acceptors (Lipinski definition) is 3. The number of thioether (sulfide) groups is 1. The monoisotopic (exact) mass is 417 g/mol. The summed E-state index contributed by atoms with van der Waals surface area (Å²) >= 11 is 18.2. The summed E-state index contributed by atoms with van der Waals surface area (Å²) in [5, 5.41) is 4.13. The molecule has 0 spiro atoms. The second-order valence-corrected chi connectivity index (χ2v) is 7.10. The molecule has 0 bridgehead atoms. The van der Waals surface area contributed by atoms with Crippen LogP contribution in [0, 0.1) is 5.82 Å². The van der Waals surface area contributed by atoms with E-state index in [1.54, 1.807) is 30.3 Å². The molecule has 3 N–H and O–H groups in total. The third-order valence-corrected chi connectivity index (χ3v) is 4.71. The summed E-state index contributed by atoms with van der Waals surface area (Å²) < 4.78 is 13.0. The maximum absolute atomic E-state index is 13.0. The Morgan fingerprint density at radius 1 is 1.12 bits per heavy atom. The van der Waals surface area contributed by atoms with Crippen LogP contribution in [-0.4, -0.2) is 16.8 Å². The lowest BCUT2D eigenvalue weighted by Gasteiger charge is -2.11. The Bertz CT molecular complexity index is 760. The minimum absolute atomic E-state index is 0.199. The number of rotatable bonds is 5. The standard InChI is InChI=1S/C16H14Cl2FN3OS2/c17-11-2-5-13(6-3-11)20-16(24)22-21-15(23)9-25-8-10-1-4-12(19)7-14(10)18/h1-7H,8-9H2,(H,21,23)(H2,20,22,24). The molecule has 0 heterocycles. The maximum Gasteiger partial charge on any atom is 0.248 e. The van der Waals surface area contributed by atoms with Crippen molar-refractivity contribution in [2.75, 3.05) is 11.1 Å². The molecule has 0 aliphatic heterocycles. The molecule has 25 heavy (non-hydrogen) atoms. The quantitative estimate of drug-likeness (QED) is 0.497. The van der Waals surface area contributed by atoms with Crippen molar-refractivity contribution in [1.82, 2.24) is 10.9 Å². The van der Waals surface area contributed by atoms with Crippen LogP contribution >= 0.6 is 47.2 Å². The van der Waals surface area contributed by atoms with E-state index in [4.69, 9.17) is 35.4 Å². The first-order valence-electron chi connectivity index (χ1n) is 7.07. The van der Waals surface area contributed by atoms with Crippen molar-refractivity contribution in [1.29, 1.82) is 0 Å². The van der Waals surface area contributed by atoms with Crippen LogP contribution in [0.25, 0.3) is 0 Å². The van der Waals surface area contributed by atoms with Gasteiger partial charge in [-0.1, -0.05) is 29.3 Å². The van der Waals surface area contributed by atoms with Gasteiger partial charge in [0.05, 0.1) is 5.75 Å². The van der Waals surface area contributed by atoms with Gasteiger partial charge in [-0.2, -0.15) is 0 Å². The predicted molar refractivity (Wildman–Crippen MR) is 107 cm³/mol.